The van der Waals surface area contributed by atoms with Crippen molar-refractivity contribution >= 4 is 17.2 Å². The third-order valence-corrected chi connectivity index (χ3v) is 5.81. The van der Waals surface area contributed by atoms with Crippen molar-refractivity contribution in [3.05, 3.63) is 35.0 Å². The molecule has 2 bridgehead atoms. The Morgan fingerprint density at radius 1 is 1.45 bits per heavy atom. The van der Waals surface area contributed by atoms with Crippen LogP contribution in [0.1, 0.15) is 37.0 Å². The molecule has 1 aromatic rings. The van der Waals surface area contributed by atoms with Crippen molar-refractivity contribution < 1.29 is 4.79 Å². The fourth-order valence-electron chi connectivity index (χ4n) is 3.98. The van der Waals surface area contributed by atoms with Crippen LogP contribution in [0.5, 0.6) is 0 Å². The van der Waals surface area contributed by atoms with E-state index in [1.807, 2.05) is 17.0 Å². The van der Waals surface area contributed by atoms with E-state index in [0.29, 0.717) is 18.4 Å². The number of amides is 1. The highest BCUT2D eigenvalue weighted by molar-refractivity contribution is 7.09. The van der Waals surface area contributed by atoms with Crippen LogP contribution in [0.2, 0.25) is 0 Å². The van der Waals surface area contributed by atoms with E-state index in [4.69, 9.17) is 0 Å². The van der Waals surface area contributed by atoms with Crippen molar-refractivity contribution in [1.29, 1.82) is 0 Å². The van der Waals surface area contributed by atoms with Crippen molar-refractivity contribution in [3.8, 4) is 0 Å². The molecule has 2 nitrogen and oxygen atoms in total. The summed E-state index contributed by atoms with van der Waals surface area (Å²) in [5.41, 5.74) is 0. The van der Waals surface area contributed by atoms with E-state index < -0.39 is 0 Å². The van der Waals surface area contributed by atoms with Gasteiger partial charge in [0, 0.05) is 17.8 Å². The molecule has 2 saturated carbocycles. The highest BCUT2D eigenvalue weighted by Gasteiger charge is 2.40. The van der Waals surface area contributed by atoms with Crippen LogP contribution in [0, 0.1) is 17.8 Å². The largest absolute Gasteiger partial charge is 0.334 e. The van der Waals surface area contributed by atoms with Gasteiger partial charge in [-0.05, 0) is 48.5 Å². The maximum absolute atomic E-state index is 12.6. The van der Waals surface area contributed by atoms with Gasteiger partial charge < -0.3 is 4.90 Å². The first-order chi connectivity index (χ1) is 9.76. The van der Waals surface area contributed by atoms with Crippen molar-refractivity contribution in [2.24, 2.45) is 17.8 Å². The van der Waals surface area contributed by atoms with Gasteiger partial charge in [0.05, 0.1) is 6.54 Å². The van der Waals surface area contributed by atoms with Crippen LogP contribution in [0.4, 0.5) is 0 Å². The minimum Gasteiger partial charge on any atom is -0.334 e. The van der Waals surface area contributed by atoms with E-state index in [1.54, 1.807) is 11.3 Å². The maximum atomic E-state index is 12.6. The van der Waals surface area contributed by atoms with E-state index >= 15 is 0 Å². The Morgan fingerprint density at radius 2 is 2.35 bits per heavy atom. The molecule has 0 spiro atoms. The quantitative estimate of drug-likeness (QED) is 0.722. The van der Waals surface area contributed by atoms with Crippen LogP contribution in [0.25, 0.3) is 0 Å². The van der Waals surface area contributed by atoms with E-state index in [-0.39, 0.29) is 0 Å². The van der Waals surface area contributed by atoms with E-state index in [0.717, 1.165) is 24.8 Å². The fourth-order valence-corrected chi connectivity index (χ4v) is 4.70. The van der Waals surface area contributed by atoms with Gasteiger partial charge in [0.25, 0.3) is 0 Å². The first-order valence-corrected chi connectivity index (χ1v) is 8.55. The molecule has 3 rings (SSSR count). The predicted molar refractivity (Wildman–Crippen MR) is 83.5 cm³/mol. The molecule has 0 aliphatic heterocycles. The molecular formula is C17H23NOS. The second-order valence-electron chi connectivity index (χ2n) is 6.28. The van der Waals surface area contributed by atoms with Gasteiger partial charge in [0.2, 0.25) is 5.91 Å². The summed E-state index contributed by atoms with van der Waals surface area (Å²) in [5.74, 6) is 2.71. The minimum atomic E-state index is 0.316. The second-order valence-corrected chi connectivity index (χ2v) is 7.31. The summed E-state index contributed by atoms with van der Waals surface area (Å²) in [6.07, 6.45) is 8.02. The summed E-state index contributed by atoms with van der Waals surface area (Å²) in [5, 5.41) is 2.07. The fraction of sp³-hybridized carbons (Fsp3) is 0.588. The SMILES string of the molecule is C=CCN(Cc1cccs1)C(=O)CC1CC2CCC1C2. The molecule has 1 aromatic heterocycles. The average molecular weight is 289 g/mol. The van der Waals surface area contributed by atoms with Crippen molar-refractivity contribution in [1.82, 2.24) is 4.90 Å². The number of rotatable bonds is 6. The number of hydrogen-bond donors (Lipinski definition) is 0. The zero-order valence-corrected chi connectivity index (χ0v) is 12.8. The third-order valence-electron chi connectivity index (χ3n) is 4.95. The van der Waals surface area contributed by atoms with E-state index in [1.165, 1.54) is 30.6 Å². The normalized spacial score (nSPS) is 27.7. The molecular weight excluding hydrogens is 266 g/mol. The molecule has 1 amide bonds. The summed E-state index contributed by atoms with van der Waals surface area (Å²) in [6, 6.07) is 4.15. The summed E-state index contributed by atoms with van der Waals surface area (Å²) >= 11 is 1.72. The molecule has 3 heteroatoms. The number of hydrogen-bond acceptors (Lipinski definition) is 2. The Kier molecular flexibility index (Phi) is 4.25. The molecule has 0 N–H and O–H groups in total. The molecule has 0 aromatic carbocycles. The lowest BCUT2D eigenvalue weighted by Gasteiger charge is -2.26. The second kappa shape index (κ2) is 6.13. The zero-order chi connectivity index (χ0) is 13.9. The standard InChI is InChI=1S/C17H23NOS/c1-2-7-18(12-16-4-3-8-20-16)17(19)11-15-10-13-5-6-14(15)9-13/h2-4,8,13-15H,1,5-7,9-12H2. The van der Waals surface area contributed by atoms with Gasteiger partial charge in [-0.15, -0.1) is 17.9 Å². The molecule has 3 unspecified atom stereocenters. The molecule has 3 atom stereocenters. The van der Waals surface area contributed by atoms with Gasteiger partial charge >= 0.3 is 0 Å². The predicted octanol–water partition coefficient (Wildman–Crippen LogP) is 4.09. The zero-order valence-electron chi connectivity index (χ0n) is 12.0. The number of carbonyl (C=O) groups is 1. The lowest BCUT2D eigenvalue weighted by molar-refractivity contribution is -0.132. The summed E-state index contributed by atoms with van der Waals surface area (Å²) in [6.45, 7) is 5.20. The number of fused-ring (bicyclic) bond motifs is 2. The number of nitrogens with zero attached hydrogens (tertiary/aromatic N) is 1. The lowest BCUT2D eigenvalue weighted by atomic mass is 9.86. The highest BCUT2D eigenvalue weighted by atomic mass is 32.1. The molecule has 108 valence electrons. The monoisotopic (exact) mass is 289 g/mol. The van der Waals surface area contributed by atoms with Crippen LogP contribution in [-0.2, 0) is 11.3 Å². The lowest BCUT2D eigenvalue weighted by Crippen LogP contribution is -2.32. The Labute approximate surface area is 125 Å². The molecule has 2 aliphatic rings. The number of carbonyl (C=O) groups excluding carboxylic acids is 1. The molecule has 0 saturated heterocycles. The third kappa shape index (κ3) is 2.98. The van der Waals surface area contributed by atoms with Gasteiger partial charge in [0.15, 0.2) is 0 Å². The molecule has 2 aliphatic carbocycles. The van der Waals surface area contributed by atoms with Crippen LogP contribution in [0.15, 0.2) is 30.2 Å². The number of thiophene rings is 1. The highest BCUT2D eigenvalue weighted by Crippen LogP contribution is 2.49. The molecule has 1 heterocycles. The first kappa shape index (κ1) is 13.9. The van der Waals surface area contributed by atoms with E-state index in [2.05, 4.69) is 18.0 Å². The van der Waals surface area contributed by atoms with Gasteiger partial charge in [-0.2, -0.15) is 0 Å². The van der Waals surface area contributed by atoms with Crippen molar-refractivity contribution in [2.75, 3.05) is 6.54 Å². The Bertz CT molecular complexity index is 467. The van der Waals surface area contributed by atoms with Gasteiger partial charge in [-0.1, -0.05) is 18.6 Å². The van der Waals surface area contributed by atoms with Crippen molar-refractivity contribution in [3.63, 3.8) is 0 Å². The topological polar surface area (TPSA) is 20.3 Å². The summed E-state index contributed by atoms with van der Waals surface area (Å²) in [4.78, 5) is 15.8. The van der Waals surface area contributed by atoms with Crippen LogP contribution in [0.3, 0.4) is 0 Å². The molecule has 2 fully saturated rings. The van der Waals surface area contributed by atoms with E-state index in [9.17, 15) is 4.79 Å². The average Bonchev–Trinajstić information content (AvgIpc) is 3.15. The van der Waals surface area contributed by atoms with Crippen LogP contribution in [-0.4, -0.2) is 17.4 Å². The van der Waals surface area contributed by atoms with Gasteiger partial charge in [-0.3, -0.25) is 4.79 Å². The summed E-state index contributed by atoms with van der Waals surface area (Å²) in [7, 11) is 0. The Morgan fingerprint density at radius 3 is 2.95 bits per heavy atom. The van der Waals surface area contributed by atoms with Gasteiger partial charge in [-0.25, -0.2) is 0 Å². The maximum Gasteiger partial charge on any atom is 0.223 e. The first-order valence-electron chi connectivity index (χ1n) is 7.67. The Hall–Kier alpha value is -1.09. The van der Waals surface area contributed by atoms with Crippen LogP contribution >= 0.6 is 11.3 Å². The van der Waals surface area contributed by atoms with Crippen LogP contribution < -0.4 is 0 Å². The Balaban J connectivity index is 1.59. The van der Waals surface area contributed by atoms with Gasteiger partial charge in [0.1, 0.15) is 0 Å². The van der Waals surface area contributed by atoms with Crippen molar-refractivity contribution in [2.45, 2.75) is 38.6 Å². The summed E-state index contributed by atoms with van der Waals surface area (Å²) < 4.78 is 0. The smallest absolute Gasteiger partial charge is 0.223 e. The minimum absolute atomic E-state index is 0.316. The molecule has 0 radical (unpaired) electrons. The molecule has 20 heavy (non-hydrogen) atoms.